The Balaban J connectivity index is 1.99. The lowest BCUT2D eigenvalue weighted by molar-refractivity contribution is 0.511. The molecular weight excluding hydrogens is 260 g/mol. The summed E-state index contributed by atoms with van der Waals surface area (Å²) in [5, 5.41) is 6.70. The van der Waals surface area contributed by atoms with Gasteiger partial charge in [-0.05, 0) is 25.1 Å². The van der Waals surface area contributed by atoms with Crippen molar-refractivity contribution in [3.63, 3.8) is 0 Å². The zero-order chi connectivity index (χ0) is 13.7. The van der Waals surface area contributed by atoms with Crippen molar-refractivity contribution in [3.8, 4) is 0 Å². The minimum Gasteiger partial charge on any atom is -0.380 e. The molecule has 0 amide bonds. The number of sulfone groups is 1. The van der Waals surface area contributed by atoms with Crippen molar-refractivity contribution in [3.05, 3.63) is 30.3 Å². The summed E-state index contributed by atoms with van der Waals surface area (Å²) in [5.74, 6) is 0.451. The highest BCUT2D eigenvalue weighted by Gasteiger charge is 2.37. The van der Waals surface area contributed by atoms with E-state index in [9.17, 15) is 8.42 Å². The summed E-state index contributed by atoms with van der Waals surface area (Å²) in [7, 11) is -2.93. The number of unbranched alkanes of at least 4 members (excludes halogenated alkanes) is 1. The fourth-order valence-electron chi connectivity index (χ4n) is 2.40. The molecule has 4 nitrogen and oxygen atoms in total. The minimum atomic E-state index is -2.93. The zero-order valence-corrected chi connectivity index (χ0v) is 12.1. The van der Waals surface area contributed by atoms with Gasteiger partial charge in [0, 0.05) is 11.7 Å². The highest BCUT2D eigenvalue weighted by molar-refractivity contribution is 7.91. The molecule has 2 N–H and O–H groups in total. The number of hydrogen-bond donors (Lipinski definition) is 2. The monoisotopic (exact) mass is 282 g/mol. The number of rotatable bonds is 6. The van der Waals surface area contributed by atoms with E-state index in [1.165, 1.54) is 0 Å². The Hall–Kier alpha value is -1.07. The van der Waals surface area contributed by atoms with Crippen LogP contribution in [0.5, 0.6) is 0 Å². The van der Waals surface area contributed by atoms with E-state index < -0.39 is 9.84 Å². The fourth-order valence-corrected chi connectivity index (χ4v) is 4.30. The predicted molar refractivity (Wildman–Crippen MR) is 79.2 cm³/mol. The van der Waals surface area contributed by atoms with Gasteiger partial charge >= 0.3 is 0 Å². The number of nitrogens with one attached hydrogen (secondary N) is 2. The molecule has 0 spiro atoms. The zero-order valence-electron chi connectivity index (χ0n) is 11.3. The predicted octanol–water partition coefficient (Wildman–Crippen LogP) is 1.65. The molecule has 5 heteroatoms. The highest BCUT2D eigenvalue weighted by atomic mass is 32.2. The summed E-state index contributed by atoms with van der Waals surface area (Å²) in [6.45, 7) is 3.01. The second-order valence-electron chi connectivity index (χ2n) is 5.11. The van der Waals surface area contributed by atoms with E-state index in [4.69, 9.17) is 0 Å². The van der Waals surface area contributed by atoms with E-state index in [-0.39, 0.29) is 23.6 Å². The van der Waals surface area contributed by atoms with Crippen LogP contribution in [-0.4, -0.2) is 38.6 Å². The van der Waals surface area contributed by atoms with Crippen LogP contribution in [0.15, 0.2) is 30.3 Å². The lowest BCUT2D eigenvalue weighted by atomic mass is 10.1. The van der Waals surface area contributed by atoms with Gasteiger partial charge in [-0.25, -0.2) is 8.42 Å². The number of para-hydroxylation sites is 1. The maximum Gasteiger partial charge on any atom is 0.153 e. The largest absolute Gasteiger partial charge is 0.380 e. The van der Waals surface area contributed by atoms with Crippen LogP contribution in [0.25, 0.3) is 0 Å². The molecule has 1 aromatic carbocycles. The Kier molecular flexibility index (Phi) is 4.82. The van der Waals surface area contributed by atoms with Gasteiger partial charge < -0.3 is 10.6 Å². The van der Waals surface area contributed by atoms with Gasteiger partial charge in [0.05, 0.1) is 17.5 Å². The van der Waals surface area contributed by atoms with Crippen LogP contribution < -0.4 is 10.6 Å². The lowest BCUT2D eigenvalue weighted by Crippen LogP contribution is -2.43. The number of anilines is 1. The van der Waals surface area contributed by atoms with Gasteiger partial charge in [-0.2, -0.15) is 0 Å². The van der Waals surface area contributed by atoms with Crippen molar-refractivity contribution < 1.29 is 8.42 Å². The highest BCUT2D eigenvalue weighted by Crippen LogP contribution is 2.18. The molecule has 0 saturated carbocycles. The van der Waals surface area contributed by atoms with Gasteiger partial charge in [-0.1, -0.05) is 31.5 Å². The summed E-state index contributed by atoms with van der Waals surface area (Å²) in [6, 6.07) is 9.76. The normalized spacial score (nSPS) is 25.3. The molecule has 1 aliphatic rings. The van der Waals surface area contributed by atoms with Gasteiger partial charge in [-0.15, -0.1) is 0 Å². The molecule has 1 aromatic rings. The van der Waals surface area contributed by atoms with Crippen molar-refractivity contribution in [2.24, 2.45) is 0 Å². The van der Waals surface area contributed by atoms with Crippen molar-refractivity contribution in [1.82, 2.24) is 5.32 Å². The first-order valence-corrected chi connectivity index (χ1v) is 8.68. The standard InChI is InChI=1S/C14H22N2O2S/c1-2-3-9-15-13-10-19(17,18)11-14(13)16-12-7-5-4-6-8-12/h4-8,13-16H,2-3,9-11H2,1H3/t13-,14-/m0/s1. The summed E-state index contributed by atoms with van der Waals surface area (Å²) in [5.41, 5.74) is 0.979. The molecule has 2 rings (SSSR count). The van der Waals surface area contributed by atoms with Crippen LogP contribution in [0.2, 0.25) is 0 Å². The van der Waals surface area contributed by atoms with E-state index in [1.807, 2.05) is 30.3 Å². The third-order valence-electron chi connectivity index (χ3n) is 3.42. The maximum atomic E-state index is 11.8. The van der Waals surface area contributed by atoms with Crippen LogP contribution in [0.3, 0.4) is 0 Å². The Morgan fingerprint density at radius 2 is 1.84 bits per heavy atom. The van der Waals surface area contributed by atoms with E-state index in [0.29, 0.717) is 0 Å². The summed E-state index contributed by atoms with van der Waals surface area (Å²) in [4.78, 5) is 0. The van der Waals surface area contributed by atoms with Gasteiger partial charge in [0.2, 0.25) is 0 Å². The van der Waals surface area contributed by atoms with Crippen molar-refractivity contribution in [1.29, 1.82) is 0 Å². The van der Waals surface area contributed by atoms with Gasteiger partial charge in [0.25, 0.3) is 0 Å². The minimum absolute atomic E-state index is 0.0109. The van der Waals surface area contributed by atoms with E-state index >= 15 is 0 Å². The maximum absolute atomic E-state index is 11.8. The van der Waals surface area contributed by atoms with E-state index in [2.05, 4.69) is 17.6 Å². The first kappa shape index (κ1) is 14.3. The number of hydrogen-bond acceptors (Lipinski definition) is 4. The van der Waals surface area contributed by atoms with Crippen LogP contribution >= 0.6 is 0 Å². The number of benzene rings is 1. The molecule has 0 aliphatic carbocycles. The average molecular weight is 282 g/mol. The first-order chi connectivity index (χ1) is 9.11. The third kappa shape index (κ3) is 4.21. The van der Waals surface area contributed by atoms with Crippen LogP contribution in [0.4, 0.5) is 5.69 Å². The SMILES string of the molecule is CCCCN[C@H]1CS(=O)(=O)C[C@@H]1Nc1ccccc1. The van der Waals surface area contributed by atoms with Gasteiger partial charge in [-0.3, -0.25) is 0 Å². The molecule has 0 aromatic heterocycles. The molecule has 2 atom stereocenters. The first-order valence-electron chi connectivity index (χ1n) is 6.86. The molecule has 0 bridgehead atoms. The topological polar surface area (TPSA) is 58.2 Å². The van der Waals surface area contributed by atoms with Crippen LogP contribution in [0.1, 0.15) is 19.8 Å². The molecule has 106 valence electrons. The van der Waals surface area contributed by atoms with E-state index in [1.54, 1.807) is 0 Å². The molecule has 19 heavy (non-hydrogen) atoms. The average Bonchev–Trinajstić information content (AvgIpc) is 2.65. The summed E-state index contributed by atoms with van der Waals surface area (Å²) >= 11 is 0. The Morgan fingerprint density at radius 1 is 1.16 bits per heavy atom. The molecule has 0 unspecified atom stereocenters. The Morgan fingerprint density at radius 3 is 2.53 bits per heavy atom. The second-order valence-corrected chi connectivity index (χ2v) is 7.26. The fraction of sp³-hybridized carbons (Fsp3) is 0.571. The Bertz CT molecular complexity index is 487. The van der Waals surface area contributed by atoms with E-state index in [0.717, 1.165) is 25.1 Å². The van der Waals surface area contributed by atoms with Gasteiger partial charge in [0.1, 0.15) is 0 Å². The quantitative estimate of drug-likeness (QED) is 0.779. The Labute approximate surface area is 115 Å². The molecular formula is C14H22N2O2S. The second kappa shape index (κ2) is 6.39. The molecule has 1 aliphatic heterocycles. The molecule has 1 saturated heterocycles. The van der Waals surface area contributed by atoms with Crippen molar-refractivity contribution >= 4 is 15.5 Å². The molecule has 0 radical (unpaired) electrons. The van der Waals surface area contributed by atoms with Crippen LogP contribution in [0, 0.1) is 0 Å². The molecule has 1 heterocycles. The summed E-state index contributed by atoms with van der Waals surface area (Å²) in [6.07, 6.45) is 2.19. The van der Waals surface area contributed by atoms with Gasteiger partial charge in [0.15, 0.2) is 9.84 Å². The lowest BCUT2D eigenvalue weighted by Gasteiger charge is -2.21. The third-order valence-corrected chi connectivity index (χ3v) is 5.15. The summed E-state index contributed by atoms with van der Waals surface area (Å²) < 4.78 is 23.6. The van der Waals surface area contributed by atoms with Crippen molar-refractivity contribution in [2.75, 3.05) is 23.4 Å². The molecule has 1 fully saturated rings. The van der Waals surface area contributed by atoms with Crippen molar-refractivity contribution in [2.45, 2.75) is 31.8 Å². The van der Waals surface area contributed by atoms with Crippen LogP contribution in [-0.2, 0) is 9.84 Å². The smallest absolute Gasteiger partial charge is 0.153 e.